The zero-order valence-electron chi connectivity index (χ0n) is 13.3. The lowest BCUT2D eigenvalue weighted by atomic mass is 9.64. The van der Waals surface area contributed by atoms with E-state index in [1.165, 1.54) is 5.56 Å². The lowest BCUT2D eigenvalue weighted by Crippen LogP contribution is -2.61. The minimum atomic E-state index is 0.198. The molecular weight excluding hydrogens is 250 g/mol. The van der Waals surface area contributed by atoms with Crippen molar-refractivity contribution in [2.45, 2.75) is 52.3 Å². The first-order valence-electron chi connectivity index (χ1n) is 7.50. The predicted molar refractivity (Wildman–Crippen MR) is 82.1 cm³/mol. The van der Waals surface area contributed by atoms with Crippen molar-refractivity contribution in [1.29, 1.82) is 0 Å². The highest BCUT2D eigenvalue weighted by Crippen LogP contribution is 2.43. The van der Waals surface area contributed by atoms with E-state index >= 15 is 0 Å². The molecule has 3 heteroatoms. The van der Waals surface area contributed by atoms with Gasteiger partial charge in [-0.2, -0.15) is 0 Å². The Balaban J connectivity index is 1.97. The lowest BCUT2D eigenvalue weighted by Gasteiger charge is -2.52. The van der Waals surface area contributed by atoms with Crippen LogP contribution in [0.1, 0.15) is 45.7 Å². The van der Waals surface area contributed by atoms with Gasteiger partial charge in [-0.25, -0.2) is 0 Å². The SMILES string of the molecule is CCOC1CC(NC(C)c2cccc(OC)c2)C1(C)C. The fourth-order valence-electron chi connectivity index (χ4n) is 2.96. The summed E-state index contributed by atoms with van der Waals surface area (Å²) in [7, 11) is 1.71. The zero-order chi connectivity index (χ0) is 14.8. The van der Waals surface area contributed by atoms with Gasteiger partial charge in [-0.3, -0.25) is 0 Å². The third-order valence-electron chi connectivity index (χ3n) is 4.59. The van der Waals surface area contributed by atoms with Gasteiger partial charge in [-0.05, 0) is 38.0 Å². The molecule has 3 nitrogen and oxygen atoms in total. The predicted octanol–water partition coefficient (Wildman–Crippen LogP) is 3.55. The number of hydrogen-bond donors (Lipinski definition) is 1. The van der Waals surface area contributed by atoms with Crippen molar-refractivity contribution >= 4 is 0 Å². The molecule has 1 aliphatic carbocycles. The van der Waals surface area contributed by atoms with E-state index < -0.39 is 0 Å². The van der Waals surface area contributed by atoms with Gasteiger partial charge >= 0.3 is 0 Å². The van der Waals surface area contributed by atoms with Gasteiger partial charge in [0.1, 0.15) is 5.75 Å². The van der Waals surface area contributed by atoms with Crippen LogP contribution in [-0.2, 0) is 4.74 Å². The number of rotatable bonds is 6. The third kappa shape index (κ3) is 2.99. The van der Waals surface area contributed by atoms with Gasteiger partial charge in [0, 0.05) is 24.1 Å². The zero-order valence-corrected chi connectivity index (χ0v) is 13.3. The maximum absolute atomic E-state index is 5.79. The average Bonchev–Trinajstić information content (AvgIpc) is 2.46. The van der Waals surface area contributed by atoms with Crippen molar-refractivity contribution in [3.05, 3.63) is 29.8 Å². The first kappa shape index (κ1) is 15.3. The van der Waals surface area contributed by atoms with Gasteiger partial charge in [0.25, 0.3) is 0 Å². The van der Waals surface area contributed by atoms with Crippen LogP contribution in [-0.4, -0.2) is 25.9 Å². The molecule has 0 aliphatic heterocycles. The first-order chi connectivity index (χ1) is 9.48. The fourth-order valence-corrected chi connectivity index (χ4v) is 2.96. The highest BCUT2D eigenvalue weighted by molar-refractivity contribution is 5.30. The van der Waals surface area contributed by atoms with Crippen LogP contribution in [0.2, 0.25) is 0 Å². The quantitative estimate of drug-likeness (QED) is 0.862. The maximum Gasteiger partial charge on any atom is 0.119 e. The Morgan fingerprint density at radius 1 is 1.40 bits per heavy atom. The standard InChI is InChI=1S/C17H27NO2/c1-6-20-16-11-15(17(16,3)4)18-12(2)13-8-7-9-14(10-13)19-5/h7-10,12,15-16,18H,6,11H2,1-5H3. The number of nitrogens with one attached hydrogen (secondary N) is 1. The summed E-state index contributed by atoms with van der Waals surface area (Å²) in [5.41, 5.74) is 1.46. The molecule has 3 unspecified atom stereocenters. The summed E-state index contributed by atoms with van der Waals surface area (Å²) in [4.78, 5) is 0. The average molecular weight is 277 g/mol. The van der Waals surface area contributed by atoms with Gasteiger partial charge in [0.2, 0.25) is 0 Å². The molecule has 0 amide bonds. The van der Waals surface area contributed by atoms with Gasteiger partial charge < -0.3 is 14.8 Å². The summed E-state index contributed by atoms with van der Waals surface area (Å²) in [6.45, 7) is 9.64. The van der Waals surface area contributed by atoms with Crippen LogP contribution in [0.4, 0.5) is 0 Å². The van der Waals surface area contributed by atoms with Crippen LogP contribution in [0, 0.1) is 5.41 Å². The third-order valence-corrected chi connectivity index (χ3v) is 4.59. The molecule has 2 rings (SSSR count). The molecule has 0 saturated heterocycles. The van der Waals surface area contributed by atoms with Crippen molar-refractivity contribution in [1.82, 2.24) is 5.32 Å². The van der Waals surface area contributed by atoms with Gasteiger partial charge in [-0.1, -0.05) is 26.0 Å². The molecule has 20 heavy (non-hydrogen) atoms. The van der Waals surface area contributed by atoms with Crippen LogP contribution in [0.5, 0.6) is 5.75 Å². The van der Waals surface area contributed by atoms with Gasteiger partial charge in [-0.15, -0.1) is 0 Å². The minimum Gasteiger partial charge on any atom is -0.497 e. The minimum absolute atomic E-state index is 0.198. The summed E-state index contributed by atoms with van der Waals surface area (Å²) in [6.07, 6.45) is 1.47. The maximum atomic E-state index is 5.79. The van der Waals surface area contributed by atoms with Crippen molar-refractivity contribution in [2.24, 2.45) is 5.41 Å². The van der Waals surface area contributed by atoms with Gasteiger partial charge in [0.15, 0.2) is 0 Å². The number of ether oxygens (including phenoxy) is 2. The molecule has 1 aromatic carbocycles. The molecular formula is C17H27NO2. The highest BCUT2D eigenvalue weighted by Gasteiger charge is 2.49. The molecule has 0 radical (unpaired) electrons. The molecule has 0 spiro atoms. The van der Waals surface area contributed by atoms with Crippen LogP contribution >= 0.6 is 0 Å². The smallest absolute Gasteiger partial charge is 0.119 e. The fraction of sp³-hybridized carbons (Fsp3) is 0.647. The van der Waals surface area contributed by atoms with E-state index in [0.29, 0.717) is 18.2 Å². The summed E-state index contributed by atoms with van der Waals surface area (Å²) in [5.74, 6) is 0.913. The van der Waals surface area contributed by atoms with E-state index in [-0.39, 0.29) is 5.41 Å². The van der Waals surface area contributed by atoms with E-state index in [1.807, 2.05) is 12.1 Å². The van der Waals surface area contributed by atoms with E-state index in [0.717, 1.165) is 18.8 Å². The van der Waals surface area contributed by atoms with Crippen LogP contribution in [0.15, 0.2) is 24.3 Å². The highest BCUT2D eigenvalue weighted by atomic mass is 16.5. The molecule has 0 bridgehead atoms. The van der Waals surface area contributed by atoms with Crippen LogP contribution in [0.25, 0.3) is 0 Å². The first-order valence-corrected chi connectivity index (χ1v) is 7.50. The van der Waals surface area contributed by atoms with Gasteiger partial charge in [0.05, 0.1) is 13.2 Å². The molecule has 3 atom stereocenters. The molecule has 1 aliphatic rings. The molecule has 1 saturated carbocycles. The number of benzene rings is 1. The molecule has 0 heterocycles. The van der Waals surface area contributed by atoms with Crippen molar-refractivity contribution < 1.29 is 9.47 Å². The summed E-state index contributed by atoms with van der Waals surface area (Å²) < 4.78 is 11.1. The monoisotopic (exact) mass is 277 g/mol. The second-order valence-corrected chi connectivity index (χ2v) is 6.22. The summed E-state index contributed by atoms with van der Waals surface area (Å²) in [5, 5.41) is 3.73. The largest absolute Gasteiger partial charge is 0.497 e. The molecule has 1 N–H and O–H groups in total. The summed E-state index contributed by atoms with van der Waals surface area (Å²) >= 11 is 0. The lowest BCUT2D eigenvalue weighted by molar-refractivity contribution is -0.116. The van der Waals surface area contributed by atoms with Crippen molar-refractivity contribution in [3.63, 3.8) is 0 Å². The Kier molecular flexibility index (Phi) is 4.71. The summed E-state index contributed by atoms with van der Waals surface area (Å²) in [6, 6.07) is 9.09. The van der Waals surface area contributed by atoms with E-state index in [9.17, 15) is 0 Å². The Bertz CT molecular complexity index is 444. The second kappa shape index (κ2) is 6.15. The van der Waals surface area contributed by atoms with Crippen LogP contribution in [0.3, 0.4) is 0 Å². The molecule has 112 valence electrons. The van der Waals surface area contributed by atoms with Crippen molar-refractivity contribution in [2.75, 3.05) is 13.7 Å². The molecule has 1 fully saturated rings. The van der Waals surface area contributed by atoms with Crippen molar-refractivity contribution in [3.8, 4) is 5.75 Å². The Labute approximate surface area is 122 Å². The number of methoxy groups -OCH3 is 1. The molecule has 0 aromatic heterocycles. The Morgan fingerprint density at radius 3 is 2.75 bits per heavy atom. The Morgan fingerprint density at radius 2 is 2.15 bits per heavy atom. The van der Waals surface area contributed by atoms with E-state index in [1.54, 1.807) is 7.11 Å². The van der Waals surface area contributed by atoms with E-state index in [4.69, 9.17) is 9.47 Å². The number of hydrogen-bond acceptors (Lipinski definition) is 3. The topological polar surface area (TPSA) is 30.5 Å². The van der Waals surface area contributed by atoms with E-state index in [2.05, 4.69) is 45.1 Å². The Hall–Kier alpha value is -1.06. The molecule has 1 aromatic rings. The normalized spacial score (nSPS) is 25.9. The second-order valence-electron chi connectivity index (χ2n) is 6.22. The van der Waals surface area contributed by atoms with Crippen LogP contribution < -0.4 is 10.1 Å².